The standard InChI is InChI=1S/C8H6Cl2O/c1-5-2-7(9)6(4-11)8(10)3-5/h2-4H,1H3. The Morgan fingerprint density at radius 1 is 1.27 bits per heavy atom. The van der Waals surface area contributed by atoms with E-state index in [1.54, 1.807) is 12.1 Å². The van der Waals surface area contributed by atoms with Crippen LogP contribution in [0.15, 0.2) is 12.1 Å². The molecule has 0 radical (unpaired) electrons. The van der Waals surface area contributed by atoms with E-state index in [1.165, 1.54) is 0 Å². The summed E-state index contributed by atoms with van der Waals surface area (Å²) in [5, 5.41) is 0.815. The van der Waals surface area contributed by atoms with E-state index in [0.29, 0.717) is 21.9 Å². The molecule has 0 spiro atoms. The van der Waals surface area contributed by atoms with Gasteiger partial charge >= 0.3 is 0 Å². The minimum absolute atomic E-state index is 0.360. The second-order valence-corrected chi connectivity index (χ2v) is 3.07. The third-order valence-electron chi connectivity index (χ3n) is 1.34. The van der Waals surface area contributed by atoms with Crippen LogP contribution in [0.5, 0.6) is 0 Å². The van der Waals surface area contributed by atoms with Gasteiger partial charge in [0.2, 0.25) is 0 Å². The van der Waals surface area contributed by atoms with Crippen LogP contribution in [0.4, 0.5) is 0 Å². The van der Waals surface area contributed by atoms with Crippen molar-refractivity contribution in [2.24, 2.45) is 0 Å². The molecular formula is C8H6Cl2O. The maximum Gasteiger partial charge on any atom is 0.153 e. The van der Waals surface area contributed by atoms with Gasteiger partial charge in [0.1, 0.15) is 0 Å². The Hall–Kier alpha value is -0.530. The summed E-state index contributed by atoms with van der Waals surface area (Å²) in [6, 6.07) is 3.41. The van der Waals surface area contributed by atoms with Crippen molar-refractivity contribution < 1.29 is 4.79 Å². The maximum absolute atomic E-state index is 10.4. The lowest BCUT2D eigenvalue weighted by Gasteiger charge is -2.00. The lowest BCUT2D eigenvalue weighted by molar-refractivity contribution is 0.112. The van der Waals surface area contributed by atoms with Crippen LogP contribution in [0, 0.1) is 6.92 Å². The van der Waals surface area contributed by atoms with E-state index in [-0.39, 0.29) is 0 Å². The summed E-state index contributed by atoms with van der Waals surface area (Å²) in [7, 11) is 0. The van der Waals surface area contributed by atoms with Gasteiger partial charge in [-0.1, -0.05) is 23.2 Å². The smallest absolute Gasteiger partial charge is 0.153 e. The fourth-order valence-corrected chi connectivity index (χ4v) is 1.51. The molecule has 0 aromatic heterocycles. The van der Waals surface area contributed by atoms with E-state index in [9.17, 15) is 4.79 Å². The fraction of sp³-hybridized carbons (Fsp3) is 0.125. The number of rotatable bonds is 1. The summed E-state index contributed by atoms with van der Waals surface area (Å²) >= 11 is 11.4. The Morgan fingerprint density at radius 3 is 2.09 bits per heavy atom. The first kappa shape index (κ1) is 8.57. The summed E-state index contributed by atoms with van der Waals surface area (Å²) < 4.78 is 0. The van der Waals surface area contributed by atoms with Gasteiger partial charge in [-0.2, -0.15) is 0 Å². The molecule has 1 aromatic carbocycles. The number of hydrogen-bond acceptors (Lipinski definition) is 1. The molecule has 1 rings (SSSR count). The van der Waals surface area contributed by atoms with Gasteiger partial charge in [-0.15, -0.1) is 0 Å². The molecule has 0 aliphatic heterocycles. The summed E-state index contributed by atoms with van der Waals surface area (Å²) in [6.07, 6.45) is 0.657. The largest absolute Gasteiger partial charge is 0.298 e. The van der Waals surface area contributed by atoms with E-state index in [2.05, 4.69) is 0 Å². The van der Waals surface area contributed by atoms with Crippen molar-refractivity contribution in [3.63, 3.8) is 0 Å². The van der Waals surface area contributed by atoms with Gasteiger partial charge in [0.25, 0.3) is 0 Å². The third kappa shape index (κ3) is 1.73. The minimum atomic E-state index is 0.360. The summed E-state index contributed by atoms with van der Waals surface area (Å²) in [6.45, 7) is 1.87. The highest BCUT2D eigenvalue weighted by Crippen LogP contribution is 2.24. The van der Waals surface area contributed by atoms with Crippen molar-refractivity contribution in [1.82, 2.24) is 0 Å². The van der Waals surface area contributed by atoms with Crippen LogP contribution in [-0.2, 0) is 0 Å². The molecule has 11 heavy (non-hydrogen) atoms. The molecule has 1 aromatic rings. The van der Waals surface area contributed by atoms with Crippen LogP contribution >= 0.6 is 23.2 Å². The molecule has 58 valence electrons. The van der Waals surface area contributed by atoms with E-state index >= 15 is 0 Å². The Bertz CT molecular complexity index is 271. The molecule has 0 aliphatic carbocycles. The number of carbonyl (C=O) groups is 1. The summed E-state index contributed by atoms with van der Waals surface area (Å²) in [4.78, 5) is 10.4. The minimum Gasteiger partial charge on any atom is -0.298 e. The second-order valence-electron chi connectivity index (χ2n) is 2.26. The first-order chi connectivity index (χ1) is 5.15. The molecule has 0 saturated carbocycles. The van der Waals surface area contributed by atoms with Crippen LogP contribution in [-0.4, -0.2) is 6.29 Å². The Morgan fingerprint density at radius 2 is 1.73 bits per heavy atom. The number of aldehydes is 1. The molecule has 0 heterocycles. The molecule has 0 fully saturated rings. The summed E-state index contributed by atoms with van der Waals surface area (Å²) in [5.41, 5.74) is 1.31. The van der Waals surface area contributed by atoms with Crippen LogP contribution in [0.3, 0.4) is 0 Å². The molecule has 0 atom stereocenters. The number of aryl methyl sites for hydroxylation is 1. The van der Waals surface area contributed by atoms with Gasteiger partial charge in [-0.05, 0) is 24.6 Å². The van der Waals surface area contributed by atoms with Crippen LogP contribution < -0.4 is 0 Å². The fourth-order valence-electron chi connectivity index (χ4n) is 0.824. The van der Waals surface area contributed by atoms with E-state index in [1.807, 2.05) is 6.92 Å². The number of carbonyl (C=O) groups excluding carboxylic acids is 1. The average Bonchev–Trinajstić information content (AvgIpc) is 1.85. The topological polar surface area (TPSA) is 17.1 Å². The Kier molecular flexibility index (Phi) is 2.53. The van der Waals surface area contributed by atoms with Gasteiger partial charge in [-0.3, -0.25) is 4.79 Å². The van der Waals surface area contributed by atoms with Gasteiger partial charge < -0.3 is 0 Å². The predicted octanol–water partition coefficient (Wildman–Crippen LogP) is 3.11. The Balaban J connectivity index is 3.36. The summed E-state index contributed by atoms with van der Waals surface area (Å²) in [5.74, 6) is 0. The lowest BCUT2D eigenvalue weighted by atomic mass is 10.2. The first-order valence-electron chi connectivity index (χ1n) is 3.06. The molecule has 0 amide bonds. The molecule has 0 saturated heterocycles. The normalized spacial score (nSPS) is 9.73. The van der Waals surface area contributed by atoms with Crippen LogP contribution in [0.1, 0.15) is 15.9 Å². The van der Waals surface area contributed by atoms with Crippen molar-refractivity contribution in [2.45, 2.75) is 6.92 Å². The molecule has 3 heteroatoms. The first-order valence-corrected chi connectivity index (χ1v) is 3.81. The molecule has 0 aliphatic rings. The lowest BCUT2D eigenvalue weighted by Crippen LogP contribution is -1.85. The van der Waals surface area contributed by atoms with Crippen molar-refractivity contribution in [3.05, 3.63) is 33.3 Å². The Labute approximate surface area is 74.9 Å². The van der Waals surface area contributed by atoms with Gasteiger partial charge in [0, 0.05) is 0 Å². The molecule has 0 unspecified atom stereocenters. The van der Waals surface area contributed by atoms with Crippen LogP contribution in [0.2, 0.25) is 10.0 Å². The van der Waals surface area contributed by atoms with Crippen molar-refractivity contribution in [2.75, 3.05) is 0 Å². The highest BCUT2D eigenvalue weighted by Gasteiger charge is 2.04. The van der Waals surface area contributed by atoms with Crippen LogP contribution in [0.25, 0.3) is 0 Å². The maximum atomic E-state index is 10.4. The third-order valence-corrected chi connectivity index (χ3v) is 1.97. The van der Waals surface area contributed by atoms with E-state index in [4.69, 9.17) is 23.2 Å². The van der Waals surface area contributed by atoms with Gasteiger partial charge in [0.15, 0.2) is 6.29 Å². The molecule has 0 bridgehead atoms. The average molecular weight is 189 g/mol. The zero-order chi connectivity index (χ0) is 8.43. The SMILES string of the molecule is Cc1cc(Cl)c(C=O)c(Cl)c1. The zero-order valence-corrected chi connectivity index (χ0v) is 7.41. The van der Waals surface area contributed by atoms with E-state index < -0.39 is 0 Å². The van der Waals surface area contributed by atoms with Crippen molar-refractivity contribution in [1.29, 1.82) is 0 Å². The highest BCUT2D eigenvalue weighted by molar-refractivity contribution is 6.38. The number of hydrogen-bond donors (Lipinski definition) is 0. The van der Waals surface area contributed by atoms with E-state index in [0.717, 1.165) is 5.56 Å². The predicted molar refractivity (Wildman–Crippen MR) is 46.6 cm³/mol. The molecular weight excluding hydrogens is 183 g/mol. The van der Waals surface area contributed by atoms with Gasteiger partial charge in [-0.25, -0.2) is 0 Å². The number of benzene rings is 1. The zero-order valence-electron chi connectivity index (χ0n) is 5.90. The molecule has 0 N–H and O–H groups in total. The van der Waals surface area contributed by atoms with Crippen molar-refractivity contribution >= 4 is 29.5 Å². The van der Waals surface area contributed by atoms with Gasteiger partial charge in [0.05, 0.1) is 15.6 Å². The second kappa shape index (κ2) is 3.24. The molecule has 1 nitrogen and oxygen atoms in total. The van der Waals surface area contributed by atoms with Crippen molar-refractivity contribution in [3.8, 4) is 0 Å². The monoisotopic (exact) mass is 188 g/mol. The number of halogens is 2. The highest BCUT2D eigenvalue weighted by atomic mass is 35.5. The quantitative estimate of drug-likeness (QED) is 0.620.